The lowest BCUT2D eigenvalue weighted by Crippen LogP contribution is -2.40. The number of halogens is 3. The Morgan fingerprint density at radius 3 is 2.21 bits per heavy atom. The van der Waals surface area contributed by atoms with Crippen LogP contribution < -0.4 is 0 Å². The van der Waals surface area contributed by atoms with Crippen LogP contribution in [0.5, 0.6) is 0 Å². The number of hydrogen-bond acceptors (Lipinski definition) is 4. The Labute approximate surface area is 169 Å². The predicted molar refractivity (Wildman–Crippen MR) is 103 cm³/mol. The number of carboxylic acids is 1. The van der Waals surface area contributed by atoms with Gasteiger partial charge in [-0.05, 0) is 24.3 Å². The van der Waals surface area contributed by atoms with Crippen molar-refractivity contribution in [3.8, 4) is 0 Å². The van der Waals surface area contributed by atoms with Crippen LogP contribution >= 0.6 is 0 Å². The molecule has 2 saturated heterocycles. The van der Waals surface area contributed by atoms with Gasteiger partial charge in [-0.2, -0.15) is 17.5 Å². The molecule has 29 heavy (non-hydrogen) atoms. The zero-order chi connectivity index (χ0) is 21.8. The number of rotatable bonds is 5. The van der Waals surface area contributed by atoms with E-state index in [1.54, 1.807) is 4.31 Å². The zero-order valence-electron chi connectivity index (χ0n) is 16.5. The molecule has 0 aromatic heterocycles. The Bertz CT molecular complexity index is 784. The van der Waals surface area contributed by atoms with Gasteiger partial charge in [0.2, 0.25) is 10.0 Å². The number of hydrogen-bond donors (Lipinski definition) is 1. The zero-order valence-corrected chi connectivity index (χ0v) is 17.3. The summed E-state index contributed by atoms with van der Waals surface area (Å²) in [5.74, 6) is -2.00. The third kappa shape index (κ3) is 6.42. The number of nitrogens with zero attached hydrogens (tertiary/aromatic N) is 2. The van der Waals surface area contributed by atoms with E-state index in [0.717, 1.165) is 31.5 Å². The number of aliphatic carboxylic acids is 1. The first-order chi connectivity index (χ1) is 13.4. The van der Waals surface area contributed by atoms with Crippen molar-refractivity contribution in [3.05, 3.63) is 35.9 Å². The van der Waals surface area contributed by atoms with Gasteiger partial charge < -0.3 is 5.11 Å². The lowest BCUT2D eigenvalue weighted by Gasteiger charge is -2.26. The van der Waals surface area contributed by atoms with Crippen LogP contribution in [0.2, 0.25) is 0 Å². The highest BCUT2D eigenvalue weighted by Gasteiger charge is 2.46. The number of benzene rings is 1. The summed E-state index contributed by atoms with van der Waals surface area (Å²) in [4.78, 5) is 11.4. The Kier molecular flexibility index (Phi) is 7.69. The molecule has 2 aliphatic rings. The van der Waals surface area contributed by atoms with E-state index >= 15 is 0 Å². The fraction of sp³-hybridized carbons (Fsp3) is 0.632. The predicted octanol–water partition coefficient (Wildman–Crippen LogP) is 2.95. The molecule has 1 aromatic rings. The van der Waals surface area contributed by atoms with Crippen molar-refractivity contribution in [2.45, 2.75) is 50.7 Å². The third-order valence-electron chi connectivity index (χ3n) is 5.03. The molecule has 10 heteroatoms. The summed E-state index contributed by atoms with van der Waals surface area (Å²) in [5, 5.41) is 7.12. The van der Waals surface area contributed by atoms with Crippen molar-refractivity contribution in [1.29, 1.82) is 0 Å². The van der Waals surface area contributed by atoms with Gasteiger partial charge in [0.05, 0.1) is 5.75 Å². The normalized spacial score (nSPS) is 23.0. The van der Waals surface area contributed by atoms with Crippen LogP contribution in [-0.2, 0) is 20.6 Å². The topological polar surface area (TPSA) is 77.9 Å². The first kappa shape index (κ1) is 23.6. The fourth-order valence-electron chi connectivity index (χ4n) is 3.94. The molecule has 1 N–H and O–H groups in total. The molecule has 3 rings (SSSR count). The van der Waals surface area contributed by atoms with Crippen LogP contribution in [0, 0.1) is 5.92 Å². The Hall–Kier alpha value is -1.65. The summed E-state index contributed by atoms with van der Waals surface area (Å²) in [5.41, 5.74) is 0.878. The summed E-state index contributed by atoms with van der Waals surface area (Å²) in [7, 11) is -3.21. The molecule has 0 aliphatic carbocycles. The van der Waals surface area contributed by atoms with Gasteiger partial charge >= 0.3 is 12.1 Å². The molecule has 0 bridgehead atoms. The number of fused-ring (bicyclic) bond motifs is 1. The third-order valence-corrected chi connectivity index (χ3v) is 6.90. The molecule has 0 spiro atoms. The molecule has 0 amide bonds. The summed E-state index contributed by atoms with van der Waals surface area (Å²) in [6, 6.07) is 10.1. The van der Waals surface area contributed by atoms with Gasteiger partial charge in [-0.3, -0.25) is 4.90 Å². The minimum Gasteiger partial charge on any atom is -0.475 e. The van der Waals surface area contributed by atoms with E-state index in [1.165, 1.54) is 0 Å². The van der Waals surface area contributed by atoms with Gasteiger partial charge in [0.25, 0.3) is 0 Å². The van der Waals surface area contributed by atoms with Crippen LogP contribution in [0.4, 0.5) is 13.2 Å². The molecular weight excluding hydrogens is 409 g/mol. The van der Waals surface area contributed by atoms with Crippen molar-refractivity contribution in [1.82, 2.24) is 9.21 Å². The SMILES string of the molecule is CC(C)CN1CC[C@@H]2[C@@H]1CCN2S(=O)(=O)Cc1ccccc1.O=C(O)C(F)(F)F. The summed E-state index contributed by atoms with van der Waals surface area (Å²) in [6.45, 7) is 7.25. The van der Waals surface area contributed by atoms with E-state index in [2.05, 4.69) is 18.7 Å². The smallest absolute Gasteiger partial charge is 0.475 e. The van der Waals surface area contributed by atoms with Gasteiger partial charge in [-0.1, -0.05) is 44.2 Å². The van der Waals surface area contributed by atoms with E-state index < -0.39 is 22.2 Å². The molecule has 1 aromatic carbocycles. The second-order valence-corrected chi connectivity index (χ2v) is 9.68. The summed E-state index contributed by atoms with van der Waals surface area (Å²) < 4.78 is 59.1. The van der Waals surface area contributed by atoms with Gasteiger partial charge in [0.15, 0.2) is 0 Å². The summed E-state index contributed by atoms with van der Waals surface area (Å²) in [6.07, 6.45) is -3.13. The molecular formula is C19H27F3N2O4S. The van der Waals surface area contributed by atoms with Gasteiger partial charge in [0, 0.05) is 31.7 Å². The fourth-order valence-corrected chi connectivity index (χ4v) is 5.77. The molecule has 6 nitrogen and oxygen atoms in total. The van der Waals surface area contributed by atoms with Crippen LogP contribution in [0.3, 0.4) is 0 Å². The van der Waals surface area contributed by atoms with Gasteiger partial charge in [0.1, 0.15) is 0 Å². The van der Waals surface area contributed by atoms with E-state index in [1.807, 2.05) is 30.3 Å². The quantitative estimate of drug-likeness (QED) is 0.768. The highest BCUT2D eigenvalue weighted by molar-refractivity contribution is 7.88. The van der Waals surface area contributed by atoms with Crippen molar-refractivity contribution >= 4 is 16.0 Å². The first-order valence-corrected chi connectivity index (χ1v) is 11.1. The van der Waals surface area contributed by atoms with E-state index in [4.69, 9.17) is 9.90 Å². The van der Waals surface area contributed by atoms with Crippen LogP contribution in [-0.4, -0.2) is 66.6 Å². The molecule has 2 atom stereocenters. The lowest BCUT2D eigenvalue weighted by molar-refractivity contribution is -0.192. The second kappa shape index (κ2) is 9.44. The van der Waals surface area contributed by atoms with E-state index in [-0.39, 0.29) is 11.8 Å². The number of sulfonamides is 1. The number of alkyl halides is 3. The second-order valence-electron chi connectivity index (χ2n) is 7.76. The van der Waals surface area contributed by atoms with Crippen molar-refractivity contribution in [2.75, 3.05) is 19.6 Å². The first-order valence-electron chi connectivity index (χ1n) is 9.49. The number of carbonyl (C=O) groups is 1. The Balaban J connectivity index is 0.000000370. The number of carboxylic acid groups (broad SMARTS) is 1. The molecule has 2 aliphatic heterocycles. The maximum absolute atomic E-state index is 12.8. The van der Waals surface area contributed by atoms with Crippen molar-refractivity contribution in [3.63, 3.8) is 0 Å². The largest absolute Gasteiger partial charge is 0.490 e. The molecule has 0 radical (unpaired) electrons. The van der Waals surface area contributed by atoms with E-state index in [0.29, 0.717) is 18.5 Å². The van der Waals surface area contributed by atoms with E-state index in [9.17, 15) is 21.6 Å². The van der Waals surface area contributed by atoms with Crippen LogP contribution in [0.1, 0.15) is 32.3 Å². The van der Waals surface area contributed by atoms with Crippen LogP contribution in [0.25, 0.3) is 0 Å². The minimum absolute atomic E-state index is 0.126. The summed E-state index contributed by atoms with van der Waals surface area (Å²) >= 11 is 0. The van der Waals surface area contributed by atoms with Gasteiger partial charge in [-0.25, -0.2) is 13.2 Å². The maximum atomic E-state index is 12.8. The number of likely N-dealkylation sites (tertiary alicyclic amines) is 1. The highest BCUT2D eigenvalue weighted by Crippen LogP contribution is 2.34. The average Bonchev–Trinajstić information content (AvgIpc) is 3.18. The van der Waals surface area contributed by atoms with Crippen molar-refractivity contribution in [2.24, 2.45) is 5.92 Å². The standard InChI is InChI=1S/C17H26N2O2S.C2HF3O2/c1-14(2)12-18-10-8-17-16(18)9-11-19(17)22(20,21)13-15-6-4-3-5-7-15;3-2(4,5)1(6)7/h3-7,14,16-17H,8-13H2,1-2H3;(H,6,7)/t16-,17+;/m0./s1. The molecule has 0 unspecified atom stereocenters. The molecule has 164 valence electrons. The molecule has 2 fully saturated rings. The lowest BCUT2D eigenvalue weighted by atomic mass is 10.1. The molecule has 2 heterocycles. The van der Waals surface area contributed by atoms with Gasteiger partial charge in [-0.15, -0.1) is 0 Å². The average molecular weight is 436 g/mol. The Morgan fingerprint density at radius 2 is 1.69 bits per heavy atom. The monoisotopic (exact) mass is 436 g/mol. The van der Waals surface area contributed by atoms with Crippen LogP contribution in [0.15, 0.2) is 30.3 Å². The maximum Gasteiger partial charge on any atom is 0.490 e. The van der Waals surface area contributed by atoms with Crippen molar-refractivity contribution < 1.29 is 31.5 Å². The Morgan fingerprint density at radius 1 is 1.14 bits per heavy atom. The molecule has 0 saturated carbocycles. The highest BCUT2D eigenvalue weighted by atomic mass is 32.2. The minimum atomic E-state index is -5.08.